The van der Waals surface area contributed by atoms with Gasteiger partial charge in [0.25, 0.3) is 0 Å². The van der Waals surface area contributed by atoms with Gasteiger partial charge in [0.15, 0.2) is 9.84 Å². The van der Waals surface area contributed by atoms with Crippen molar-refractivity contribution in [3.63, 3.8) is 0 Å². The molecule has 4 nitrogen and oxygen atoms in total. The van der Waals surface area contributed by atoms with Crippen LogP contribution >= 0.6 is 0 Å². The summed E-state index contributed by atoms with van der Waals surface area (Å²) >= 11 is 0. The molecule has 1 aromatic rings. The number of sulfone groups is 1. The zero-order valence-electron chi connectivity index (χ0n) is 8.47. The van der Waals surface area contributed by atoms with Crippen molar-refractivity contribution < 1.29 is 18.6 Å². The highest BCUT2D eigenvalue weighted by Crippen LogP contribution is 2.25. The van der Waals surface area contributed by atoms with E-state index in [9.17, 15) is 13.5 Å². The summed E-state index contributed by atoms with van der Waals surface area (Å²) < 4.78 is 22.8. The van der Waals surface area contributed by atoms with Crippen LogP contribution in [0.5, 0.6) is 5.75 Å². The van der Waals surface area contributed by atoms with Gasteiger partial charge in [0.05, 0.1) is 4.90 Å². The summed E-state index contributed by atoms with van der Waals surface area (Å²) in [7, 11) is -3.33. The van der Waals surface area contributed by atoms with Gasteiger partial charge in [-0.1, -0.05) is 6.07 Å². The highest BCUT2D eigenvalue weighted by atomic mass is 32.2. The van der Waals surface area contributed by atoms with Crippen LogP contribution in [0.4, 0.5) is 0 Å². The summed E-state index contributed by atoms with van der Waals surface area (Å²) in [4.78, 5) is 0.135. The number of aliphatic hydroxyl groups is 1. The van der Waals surface area contributed by atoms with Gasteiger partial charge in [0, 0.05) is 18.4 Å². The van der Waals surface area contributed by atoms with E-state index in [-0.39, 0.29) is 17.3 Å². The summed E-state index contributed by atoms with van der Waals surface area (Å²) in [6, 6.07) is 4.40. The van der Waals surface area contributed by atoms with Crippen molar-refractivity contribution in [2.24, 2.45) is 0 Å². The van der Waals surface area contributed by atoms with Crippen molar-refractivity contribution in [3.05, 3.63) is 23.8 Å². The molecule has 0 fully saturated rings. The van der Waals surface area contributed by atoms with Crippen LogP contribution in [0.25, 0.3) is 0 Å². The van der Waals surface area contributed by atoms with E-state index in [0.717, 1.165) is 6.26 Å². The molecule has 15 heavy (non-hydrogen) atoms. The van der Waals surface area contributed by atoms with Crippen molar-refractivity contribution in [3.8, 4) is 5.75 Å². The van der Waals surface area contributed by atoms with Crippen molar-refractivity contribution in [2.45, 2.75) is 17.7 Å². The fourth-order valence-electron chi connectivity index (χ4n) is 1.41. The number of hydrogen-bond donors (Lipinski definition) is 2. The number of phenols is 1. The molecule has 0 heterocycles. The predicted molar refractivity (Wildman–Crippen MR) is 56.6 cm³/mol. The Labute approximate surface area is 89.1 Å². The summed E-state index contributed by atoms with van der Waals surface area (Å²) in [6.45, 7) is -0.0302. The lowest BCUT2D eigenvalue weighted by atomic mass is 10.1. The van der Waals surface area contributed by atoms with Crippen LogP contribution in [0.15, 0.2) is 23.1 Å². The van der Waals surface area contributed by atoms with Gasteiger partial charge < -0.3 is 10.2 Å². The molecule has 0 aliphatic rings. The summed E-state index contributed by atoms with van der Waals surface area (Å²) in [6.07, 6.45) is 1.88. The maximum absolute atomic E-state index is 11.4. The topological polar surface area (TPSA) is 74.6 Å². The minimum Gasteiger partial charge on any atom is -0.508 e. The highest BCUT2D eigenvalue weighted by Gasteiger charge is 2.15. The van der Waals surface area contributed by atoms with E-state index in [2.05, 4.69) is 0 Å². The fraction of sp³-hybridized carbons (Fsp3) is 0.400. The third-order valence-corrected chi connectivity index (χ3v) is 3.27. The smallest absolute Gasteiger partial charge is 0.175 e. The molecule has 0 atom stereocenters. The van der Waals surface area contributed by atoms with E-state index in [1.54, 1.807) is 0 Å². The lowest BCUT2D eigenvalue weighted by molar-refractivity contribution is 0.287. The maximum Gasteiger partial charge on any atom is 0.175 e. The first-order chi connectivity index (χ1) is 6.96. The van der Waals surface area contributed by atoms with Gasteiger partial charge in [-0.25, -0.2) is 8.42 Å². The number of benzene rings is 1. The van der Waals surface area contributed by atoms with Crippen LogP contribution in [0.2, 0.25) is 0 Å². The molecular weight excluding hydrogens is 216 g/mol. The van der Waals surface area contributed by atoms with Crippen LogP contribution in [0.3, 0.4) is 0 Å². The summed E-state index contributed by atoms with van der Waals surface area (Å²) in [5, 5.41) is 18.2. The molecule has 0 bridgehead atoms. The van der Waals surface area contributed by atoms with E-state index in [4.69, 9.17) is 5.11 Å². The predicted octanol–water partition coefficient (Wildman–Crippen LogP) is 0.721. The standard InChI is InChI=1S/C10H14O4S/c1-15(13,14)10-6-2-5-9(12)8(10)4-3-7-11/h2,5-6,11-12H,3-4,7H2,1H3. The molecule has 0 radical (unpaired) electrons. The minimum absolute atomic E-state index is 0.0302. The van der Waals surface area contributed by atoms with Gasteiger partial charge in [-0.3, -0.25) is 0 Å². The van der Waals surface area contributed by atoms with Gasteiger partial charge in [0.1, 0.15) is 5.75 Å². The Hall–Kier alpha value is -1.07. The minimum atomic E-state index is -3.33. The third-order valence-electron chi connectivity index (χ3n) is 2.09. The van der Waals surface area contributed by atoms with Crippen molar-refractivity contribution >= 4 is 9.84 Å². The van der Waals surface area contributed by atoms with Crippen LogP contribution in [-0.2, 0) is 16.3 Å². The molecule has 0 saturated heterocycles. The van der Waals surface area contributed by atoms with E-state index in [1.165, 1.54) is 18.2 Å². The Morgan fingerprint density at radius 2 is 2.00 bits per heavy atom. The second-order valence-electron chi connectivity index (χ2n) is 3.35. The molecule has 1 rings (SSSR count). The molecular formula is C10H14O4S. The molecule has 84 valence electrons. The lowest BCUT2D eigenvalue weighted by Crippen LogP contribution is -2.03. The molecule has 0 unspecified atom stereocenters. The van der Waals surface area contributed by atoms with E-state index >= 15 is 0 Å². The normalized spacial score (nSPS) is 11.6. The second kappa shape index (κ2) is 4.63. The van der Waals surface area contributed by atoms with Crippen LogP contribution in [0, 0.1) is 0 Å². The summed E-state index contributed by atoms with van der Waals surface area (Å²) in [5.74, 6) is -0.0358. The van der Waals surface area contributed by atoms with Gasteiger partial charge in [0.2, 0.25) is 0 Å². The number of aromatic hydroxyl groups is 1. The molecule has 0 saturated carbocycles. The zero-order valence-corrected chi connectivity index (χ0v) is 9.29. The van der Waals surface area contributed by atoms with E-state index in [1.807, 2.05) is 0 Å². The second-order valence-corrected chi connectivity index (χ2v) is 5.34. The molecule has 2 N–H and O–H groups in total. The van der Waals surface area contributed by atoms with Crippen LogP contribution < -0.4 is 0 Å². The molecule has 0 aliphatic carbocycles. The van der Waals surface area contributed by atoms with E-state index in [0.29, 0.717) is 18.4 Å². The number of aliphatic hydroxyl groups excluding tert-OH is 1. The number of phenolic OH excluding ortho intramolecular Hbond substituents is 1. The Morgan fingerprint density at radius 3 is 2.53 bits per heavy atom. The van der Waals surface area contributed by atoms with Crippen molar-refractivity contribution in [1.82, 2.24) is 0 Å². The Kier molecular flexibility index (Phi) is 3.71. The van der Waals surface area contributed by atoms with Crippen molar-refractivity contribution in [2.75, 3.05) is 12.9 Å². The molecule has 0 amide bonds. The monoisotopic (exact) mass is 230 g/mol. The summed E-state index contributed by atoms with van der Waals surface area (Å²) in [5.41, 5.74) is 0.383. The fourth-order valence-corrected chi connectivity index (χ4v) is 2.39. The zero-order chi connectivity index (χ0) is 11.5. The number of rotatable bonds is 4. The molecule has 0 spiro atoms. The average molecular weight is 230 g/mol. The molecule has 0 aromatic heterocycles. The maximum atomic E-state index is 11.4. The van der Waals surface area contributed by atoms with Gasteiger partial charge in [-0.15, -0.1) is 0 Å². The van der Waals surface area contributed by atoms with Gasteiger partial charge in [-0.2, -0.15) is 0 Å². The van der Waals surface area contributed by atoms with Crippen LogP contribution in [0.1, 0.15) is 12.0 Å². The first-order valence-electron chi connectivity index (χ1n) is 4.58. The van der Waals surface area contributed by atoms with Gasteiger partial charge in [-0.05, 0) is 25.0 Å². The van der Waals surface area contributed by atoms with E-state index < -0.39 is 9.84 Å². The Bertz CT molecular complexity index is 437. The third kappa shape index (κ3) is 2.94. The average Bonchev–Trinajstić information content (AvgIpc) is 2.14. The molecule has 0 aliphatic heterocycles. The molecule has 1 aromatic carbocycles. The number of hydrogen-bond acceptors (Lipinski definition) is 4. The SMILES string of the molecule is CS(=O)(=O)c1cccc(O)c1CCCO. The lowest BCUT2D eigenvalue weighted by Gasteiger charge is -2.08. The van der Waals surface area contributed by atoms with Gasteiger partial charge >= 0.3 is 0 Å². The highest BCUT2D eigenvalue weighted by molar-refractivity contribution is 7.90. The first kappa shape index (κ1) is 12.0. The van der Waals surface area contributed by atoms with Crippen LogP contribution in [-0.4, -0.2) is 31.5 Å². The Balaban J connectivity index is 3.21. The van der Waals surface area contributed by atoms with Crippen molar-refractivity contribution in [1.29, 1.82) is 0 Å². The first-order valence-corrected chi connectivity index (χ1v) is 6.47. The quantitative estimate of drug-likeness (QED) is 0.799. The largest absolute Gasteiger partial charge is 0.508 e. The molecule has 5 heteroatoms. The Morgan fingerprint density at radius 1 is 1.33 bits per heavy atom.